The standard InChI is InChI=1S/C12H10FN2.BrH.Zn/c13-10-5-3-9(4-6-10)11-8-15-7-1-2-12(15)14-11;;/h3-6H,1-2,7H2;1H;/q-1;;+2/p-1. The van der Waals surface area contributed by atoms with Crippen molar-refractivity contribution in [2.45, 2.75) is 19.4 Å². The van der Waals surface area contributed by atoms with Gasteiger partial charge in [0.25, 0.3) is 0 Å². The van der Waals surface area contributed by atoms with E-state index in [1.165, 1.54) is 28.5 Å². The summed E-state index contributed by atoms with van der Waals surface area (Å²) in [7, 11) is 0. The number of aromatic nitrogens is 2. The van der Waals surface area contributed by atoms with Crippen molar-refractivity contribution in [3.63, 3.8) is 0 Å². The van der Waals surface area contributed by atoms with Crippen LogP contribution in [-0.4, -0.2) is 9.55 Å². The Morgan fingerprint density at radius 3 is 2.65 bits per heavy atom. The summed E-state index contributed by atoms with van der Waals surface area (Å²) >= 11 is 4.25. The monoisotopic (exact) mass is 344 g/mol. The molecule has 2 aromatic rings. The van der Waals surface area contributed by atoms with Crippen LogP contribution in [0.1, 0.15) is 12.2 Å². The molecule has 1 aromatic carbocycles. The van der Waals surface area contributed by atoms with Crippen molar-refractivity contribution in [3.05, 3.63) is 42.1 Å². The summed E-state index contributed by atoms with van der Waals surface area (Å²) in [5.41, 5.74) is 1.75. The molecule has 0 aliphatic carbocycles. The number of hydrogen-bond acceptors (Lipinski definition) is 1. The van der Waals surface area contributed by atoms with E-state index >= 15 is 0 Å². The second-order valence-electron chi connectivity index (χ2n) is 3.75. The van der Waals surface area contributed by atoms with Crippen molar-refractivity contribution in [1.29, 1.82) is 0 Å². The number of halogens is 2. The molecular formula is C12H10BrFN2Zn. The van der Waals surface area contributed by atoms with E-state index in [-0.39, 0.29) is 5.82 Å². The fourth-order valence-electron chi connectivity index (χ4n) is 1.91. The van der Waals surface area contributed by atoms with Crippen molar-refractivity contribution in [2.75, 3.05) is 0 Å². The Morgan fingerprint density at radius 1 is 1.29 bits per heavy atom. The van der Waals surface area contributed by atoms with Crippen molar-refractivity contribution >= 4 is 13.6 Å². The number of benzene rings is 1. The molecule has 0 bridgehead atoms. The molecule has 84 valence electrons. The van der Waals surface area contributed by atoms with Gasteiger partial charge in [0.05, 0.1) is 0 Å². The van der Waals surface area contributed by atoms with Gasteiger partial charge >= 0.3 is 30.0 Å². The zero-order valence-corrected chi connectivity index (χ0v) is 13.8. The van der Waals surface area contributed by atoms with Gasteiger partial charge in [-0.3, -0.25) is 0 Å². The molecule has 2 heterocycles. The molecule has 3 rings (SSSR count). The van der Waals surface area contributed by atoms with Crippen LogP contribution in [-0.2, 0) is 29.3 Å². The van der Waals surface area contributed by atoms with Crippen LogP contribution in [0.3, 0.4) is 0 Å². The first-order valence-corrected chi connectivity index (χ1v) is 12.3. The topological polar surface area (TPSA) is 17.8 Å². The molecule has 0 unspecified atom stereocenters. The number of nitrogens with zero attached hydrogens (tertiary/aromatic N) is 2. The van der Waals surface area contributed by atoms with Crippen LogP contribution < -0.4 is 0 Å². The summed E-state index contributed by atoms with van der Waals surface area (Å²) in [4.78, 5) is 4.48. The molecule has 0 saturated heterocycles. The summed E-state index contributed by atoms with van der Waals surface area (Å²) in [5, 5.41) is 0. The fraction of sp³-hybridized carbons (Fsp3) is 0.250. The second kappa shape index (κ2) is 5.88. The van der Waals surface area contributed by atoms with Crippen molar-refractivity contribution in [2.24, 2.45) is 0 Å². The first kappa shape index (κ1) is 12.9. The molecular weight excluding hydrogens is 336 g/mol. The third-order valence-electron chi connectivity index (χ3n) is 2.69. The van der Waals surface area contributed by atoms with E-state index in [0.29, 0.717) is 0 Å². The van der Waals surface area contributed by atoms with Crippen LogP contribution in [0.15, 0.2) is 24.3 Å². The molecule has 0 spiro atoms. The fourth-order valence-corrected chi connectivity index (χ4v) is 1.91. The molecule has 0 fully saturated rings. The number of imidazole rings is 1. The van der Waals surface area contributed by atoms with E-state index in [0.717, 1.165) is 36.5 Å². The third kappa shape index (κ3) is 2.83. The van der Waals surface area contributed by atoms with E-state index in [1.54, 1.807) is 12.1 Å². The SMILES string of the molecule is Fc1ccc(-c2[c-]n3c(n2)CCC3)cc1.[Zn+][Br]. The Balaban J connectivity index is 0.000000514. The third-order valence-corrected chi connectivity index (χ3v) is 2.69. The van der Waals surface area contributed by atoms with Gasteiger partial charge in [0, 0.05) is 5.82 Å². The van der Waals surface area contributed by atoms with Crippen molar-refractivity contribution in [3.8, 4) is 11.3 Å². The molecule has 2 nitrogen and oxygen atoms in total. The van der Waals surface area contributed by atoms with Crippen LogP contribution in [0.5, 0.6) is 0 Å². The molecule has 0 N–H and O–H groups in total. The summed E-state index contributed by atoms with van der Waals surface area (Å²) in [6.07, 6.45) is 5.39. The minimum absolute atomic E-state index is 0.217. The summed E-state index contributed by atoms with van der Waals surface area (Å²) in [5.74, 6) is 0.875. The van der Waals surface area contributed by atoms with Gasteiger partial charge in [-0.15, -0.1) is 12.1 Å². The molecule has 1 aromatic heterocycles. The molecule has 1 aliphatic heterocycles. The van der Waals surface area contributed by atoms with Gasteiger partial charge in [0.2, 0.25) is 0 Å². The Morgan fingerprint density at radius 2 is 2.00 bits per heavy atom. The number of rotatable bonds is 1. The van der Waals surface area contributed by atoms with E-state index in [9.17, 15) is 4.39 Å². The van der Waals surface area contributed by atoms with Gasteiger partial charge in [-0.2, -0.15) is 0 Å². The predicted octanol–water partition coefficient (Wildman–Crippen LogP) is 3.28. The van der Waals surface area contributed by atoms with Gasteiger partial charge in [0.1, 0.15) is 5.82 Å². The molecule has 5 heteroatoms. The zero-order valence-electron chi connectivity index (χ0n) is 9.29. The quantitative estimate of drug-likeness (QED) is 0.572. The van der Waals surface area contributed by atoms with E-state index in [2.05, 4.69) is 29.4 Å². The minimum atomic E-state index is -0.217. The molecule has 0 radical (unpaired) electrons. The molecule has 0 amide bonds. The van der Waals surface area contributed by atoms with Crippen molar-refractivity contribution < 1.29 is 20.7 Å². The Hall–Kier alpha value is -0.537. The Bertz CT molecular complexity index is 474. The van der Waals surface area contributed by atoms with Crippen LogP contribution in [0.2, 0.25) is 0 Å². The van der Waals surface area contributed by atoms with Crippen molar-refractivity contribution in [1.82, 2.24) is 9.55 Å². The zero-order chi connectivity index (χ0) is 12.3. The summed E-state index contributed by atoms with van der Waals surface area (Å²) in [6, 6.07) is 6.38. The maximum atomic E-state index is 12.7. The Labute approximate surface area is 116 Å². The summed E-state index contributed by atoms with van der Waals surface area (Å²) < 4.78 is 14.8. The summed E-state index contributed by atoms with van der Waals surface area (Å²) in [6.45, 7) is 1.00. The Kier molecular flexibility index (Phi) is 4.46. The normalized spacial score (nSPS) is 12.9. The van der Waals surface area contributed by atoms with Crippen LogP contribution >= 0.6 is 13.6 Å². The predicted molar refractivity (Wildman–Crippen MR) is 63.7 cm³/mol. The average Bonchev–Trinajstić information content (AvgIpc) is 2.93. The average molecular weight is 347 g/mol. The number of fused-ring (bicyclic) bond motifs is 1. The van der Waals surface area contributed by atoms with Gasteiger partial charge in [-0.1, -0.05) is 11.8 Å². The molecule has 17 heavy (non-hydrogen) atoms. The number of hydrogen-bond donors (Lipinski definition) is 0. The van der Waals surface area contributed by atoms with Crippen LogP contribution in [0.25, 0.3) is 11.3 Å². The van der Waals surface area contributed by atoms with Crippen LogP contribution in [0.4, 0.5) is 4.39 Å². The molecule has 0 atom stereocenters. The van der Waals surface area contributed by atoms with E-state index in [4.69, 9.17) is 0 Å². The van der Waals surface area contributed by atoms with Gasteiger partial charge < -0.3 is 9.55 Å². The van der Waals surface area contributed by atoms with E-state index < -0.39 is 0 Å². The first-order chi connectivity index (χ1) is 8.33. The first-order valence-electron chi connectivity index (χ1n) is 5.34. The van der Waals surface area contributed by atoms with Gasteiger partial charge in [0.15, 0.2) is 0 Å². The second-order valence-corrected chi connectivity index (χ2v) is 3.75. The molecule has 0 saturated carbocycles. The van der Waals surface area contributed by atoms with Crippen LogP contribution in [0, 0.1) is 12.0 Å². The molecule has 1 aliphatic rings. The van der Waals surface area contributed by atoms with Gasteiger partial charge in [-0.05, 0) is 37.2 Å². The van der Waals surface area contributed by atoms with Gasteiger partial charge in [-0.25, -0.2) is 4.39 Å². The van der Waals surface area contributed by atoms with E-state index in [1.807, 2.05) is 0 Å². The maximum absolute atomic E-state index is 12.7. The number of aryl methyl sites for hydroxylation is 2.